The van der Waals surface area contributed by atoms with Gasteiger partial charge in [-0.1, -0.05) is 0 Å². The number of aryl methyl sites for hydroxylation is 1. The maximum absolute atomic E-state index is 2.61. The van der Waals surface area contributed by atoms with Gasteiger partial charge in [-0.25, -0.2) is 0 Å². The van der Waals surface area contributed by atoms with Gasteiger partial charge in [0.2, 0.25) is 0 Å². The van der Waals surface area contributed by atoms with Crippen molar-refractivity contribution in [2.24, 2.45) is 0 Å². The molecule has 25 heavy (non-hydrogen) atoms. The van der Waals surface area contributed by atoms with Crippen molar-refractivity contribution in [2.75, 3.05) is 0 Å². The molecule has 0 saturated carbocycles. The normalized spacial score (nSPS) is 26.4. The van der Waals surface area contributed by atoms with Crippen LogP contribution in [0.15, 0.2) is 54.7 Å². The molecular formula is C23H24IN. The van der Waals surface area contributed by atoms with Crippen molar-refractivity contribution in [1.29, 1.82) is 0 Å². The summed E-state index contributed by atoms with van der Waals surface area (Å²) in [7, 11) is 0. The third-order valence-electron chi connectivity index (χ3n) is 6.17. The molecule has 5 rings (SSSR count). The van der Waals surface area contributed by atoms with E-state index in [4.69, 9.17) is 0 Å². The van der Waals surface area contributed by atoms with Gasteiger partial charge < -0.3 is 0 Å². The zero-order chi connectivity index (χ0) is 17.2. The van der Waals surface area contributed by atoms with E-state index in [1.165, 1.54) is 46.9 Å². The molecular weight excluding hydrogens is 417 g/mol. The van der Waals surface area contributed by atoms with Gasteiger partial charge in [0.25, 0.3) is 0 Å². The molecule has 2 aromatic carbocycles. The molecule has 1 nitrogen and oxygen atoms in total. The van der Waals surface area contributed by atoms with Gasteiger partial charge >= 0.3 is 161 Å². The number of alkyl halides is 2. The molecule has 1 saturated heterocycles. The number of hydrogen-bond donors (Lipinski definition) is 0. The molecule has 2 aliphatic heterocycles. The number of hydrogen-bond acceptors (Lipinski definition) is 0. The number of rotatable bonds is 3. The van der Waals surface area contributed by atoms with Gasteiger partial charge in [0, 0.05) is 0 Å². The van der Waals surface area contributed by atoms with Gasteiger partial charge in [-0.05, 0) is 0 Å². The number of benzene rings is 2. The van der Waals surface area contributed by atoms with E-state index in [0.29, 0.717) is 6.97 Å². The van der Waals surface area contributed by atoms with E-state index in [9.17, 15) is 0 Å². The standard InChI is InChI=1S/C23H24IN/c1-4-5-8-16-11-12-18-17(15-16)13-14-25-21(18)19-9-6-7-10-20(19)22(2)23(25,3)24-22/h6-7,9-15H,4-5,8H2,1-3H3/t22?,23-/m1/s1. The molecule has 3 aromatic rings. The number of nitrogens with zero attached hydrogens (tertiary/aromatic N) is 1. The van der Waals surface area contributed by atoms with E-state index >= 15 is 0 Å². The van der Waals surface area contributed by atoms with E-state index in [2.05, 4.69) is 80.1 Å². The summed E-state index contributed by atoms with van der Waals surface area (Å²) < 4.78 is 3.32. The van der Waals surface area contributed by atoms with Crippen molar-refractivity contribution < 1.29 is 25.8 Å². The van der Waals surface area contributed by atoms with Gasteiger partial charge in [-0.15, -0.1) is 0 Å². The predicted molar refractivity (Wildman–Crippen MR) is 99.2 cm³/mol. The third-order valence-corrected chi connectivity index (χ3v) is 11.0. The van der Waals surface area contributed by atoms with Crippen LogP contribution in [0.25, 0.3) is 22.0 Å². The van der Waals surface area contributed by atoms with Gasteiger partial charge in [0.15, 0.2) is 0 Å². The van der Waals surface area contributed by atoms with E-state index in [-0.39, 0.29) is 21.2 Å². The topological polar surface area (TPSA) is 3.88 Å². The van der Waals surface area contributed by atoms with Crippen molar-refractivity contribution in [3.63, 3.8) is 0 Å². The fraction of sp³-hybridized carbons (Fsp3) is 0.348. The molecule has 2 aliphatic rings. The molecule has 1 aromatic heterocycles. The molecule has 128 valence electrons. The first kappa shape index (κ1) is 15.8. The van der Waals surface area contributed by atoms with Crippen molar-refractivity contribution in [3.8, 4) is 11.3 Å². The summed E-state index contributed by atoms with van der Waals surface area (Å²) in [5.74, 6) is 0. The van der Waals surface area contributed by atoms with Crippen LogP contribution in [-0.4, -0.2) is 0 Å². The van der Waals surface area contributed by atoms with E-state index in [0.717, 1.165) is 0 Å². The minimum atomic E-state index is 0.117. The predicted octanol–water partition coefficient (Wildman–Crippen LogP) is 2.14. The van der Waals surface area contributed by atoms with Crippen molar-refractivity contribution in [2.45, 2.75) is 47.0 Å². The quantitative estimate of drug-likeness (QED) is 0.333. The Labute approximate surface area is 160 Å². The second-order valence-electron chi connectivity index (χ2n) is 7.66. The maximum atomic E-state index is 2.61. The van der Waals surface area contributed by atoms with Crippen LogP contribution in [0.5, 0.6) is 0 Å². The fourth-order valence-corrected chi connectivity index (χ4v) is 8.44. The van der Waals surface area contributed by atoms with E-state index in [1.54, 1.807) is 5.56 Å². The number of unbranched alkanes of at least 4 members (excludes halogenated alkanes) is 1. The van der Waals surface area contributed by atoms with Crippen molar-refractivity contribution >= 4 is 10.8 Å². The Morgan fingerprint density at radius 2 is 1.88 bits per heavy atom. The van der Waals surface area contributed by atoms with Gasteiger partial charge in [-0.2, -0.15) is 0 Å². The Morgan fingerprint density at radius 1 is 1.04 bits per heavy atom. The summed E-state index contributed by atoms with van der Waals surface area (Å²) in [6.45, 7) is 7.22. The van der Waals surface area contributed by atoms with Crippen LogP contribution < -0.4 is 25.8 Å². The molecule has 1 fully saturated rings. The van der Waals surface area contributed by atoms with Crippen LogP contribution in [0.1, 0.15) is 44.7 Å². The van der Waals surface area contributed by atoms with Crippen LogP contribution in [0.3, 0.4) is 0 Å². The first-order valence-corrected chi connectivity index (χ1v) is 11.5. The zero-order valence-electron chi connectivity index (χ0n) is 15.1. The molecule has 2 heteroatoms. The Bertz CT molecular complexity index is 1010. The molecule has 0 bridgehead atoms. The molecule has 0 radical (unpaired) electrons. The summed E-state index contributed by atoms with van der Waals surface area (Å²) in [4.78, 5) is 0. The first-order chi connectivity index (χ1) is 12.1. The van der Waals surface area contributed by atoms with Gasteiger partial charge in [0.05, 0.1) is 0 Å². The average Bonchev–Trinajstić information content (AvgIpc) is 3.23. The number of aromatic nitrogens is 1. The van der Waals surface area contributed by atoms with Crippen LogP contribution in [-0.2, 0) is 13.4 Å². The summed E-state index contributed by atoms with van der Waals surface area (Å²) in [6, 6.07) is 18.6. The molecule has 0 N–H and O–H groups in total. The Balaban J connectivity index is 1.77. The molecule has 0 amide bonds. The Morgan fingerprint density at radius 3 is 2.72 bits per heavy atom. The Hall–Kier alpha value is -1.42. The van der Waals surface area contributed by atoms with E-state index < -0.39 is 0 Å². The number of fused-ring (bicyclic) bond motifs is 8. The van der Waals surface area contributed by atoms with Crippen molar-refractivity contribution in [1.82, 2.24) is 0 Å². The first-order valence-electron chi connectivity index (χ1n) is 9.33. The molecule has 0 spiro atoms. The summed E-state index contributed by atoms with van der Waals surface area (Å²) in [6.07, 6.45) is 6.08. The molecule has 1 unspecified atom stereocenters. The van der Waals surface area contributed by atoms with Crippen LogP contribution in [0, 0.1) is 0 Å². The fourth-order valence-electron chi connectivity index (χ4n) is 4.50. The van der Waals surface area contributed by atoms with Crippen LogP contribution in [0.2, 0.25) is 0 Å². The summed E-state index contributed by atoms with van der Waals surface area (Å²) in [5, 5.41) is 2.80. The monoisotopic (exact) mass is 441 g/mol. The second kappa shape index (κ2) is 5.29. The van der Waals surface area contributed by atoms with Crippen LogP contribution >= 0.6 is 0 Å². The zero-order valence-corrected chi connectivity index (χ0v) is 17.3. The molecule has 0 aliphatic carbocycles. The molecule has 2 atom stereocenters. The van der Waals surface area contributed by atoms with E-state index in [1.807, 2.05) is 0 Å². The number of halogens is 1. The average molecular weight is 441 g/mol. The molecule has 3 heterocycles. The van der Waals surface area contributed by atoms with Gasteiger partial charge in [-0.3, -0.25) is 0 Å². The van der Waals surface area contributed by atoms with Gasteiger partial charge in [0.1, 0.15) is 0 Å². The SMILES string of the molecule is CCCCc1ccc2c3[n+](ccc2c1)[C@@]1(C)[I-]C1(C)c1ccccc1-3. The van der Waals surface area contributed by atoms with Crippen LogP contribution in [0.4, 0.5) is 0 Å². The van der Waals surface area contributed by atoms with Crippen molar-refractivity contribution in [3.05, 3.63) is 65.9 Å². The summed E-state index contributed by atoms with van der Waals surface area (Å²) >= 11 is 0.117. The third kappa shape index (κ3) is 2.03. The second-order valence-corrected chi connectivity index (χ2v) is 12.5. The Kier molecular flexibility index (Phi) is 3.35. The number of pyridine rings is 1. The minimum absolute atomic E-state index is 0.117. The summed E-state index contributed by atoms with van der Waals surface area (Å²) in [5.41, 5.74) is 5.94.